The van der Waals surface area contributed by atoms with E-state index in [9.17, 15) is 14.7 Å². The van der Waals surface area contributed by atoms with Gasteiger partial charge in [-0.1, -0.05) is 308 Å². The van der Waals surface area contributed by atoms with Crippen molar-refractivity contribution in [2.24, 2.45) is 0 Å². The van der Waals surface area contributed by atoms with E-state index in [2.05, 4.69) is 38.2 Å². The molecule has 5 heteroatoms. The van der Waals surface area contributed by atoms with Gasteiger partial charge in [0.15, 0.2) is 6.10 Å². The van der Waals surface area contributed by atoms with Gasteiger partial charge in [-0.15, -0.1) is 0 Å². The lowest BCUT2D eigenvalue weighted by molar-refractivity contribution is -0.161. The van der Waals surface area contributed by atoms with E-state index in [0.717, 1.165) is 38.5 Å². The van der Waals surface area contributed by atoms with E-state index in [1.807, 2.05) is 0 Å². The lowest BCUT2D eigenvalue weighted by Crippen LogP contribution is -2.28. The Morgan fingerprint density at radius 1 is 0.343 bits per heavy atom. The molecular weight excluding hydrogens is 825 g/mol. The minimum Gasteiger partial charge on any atom is -0.462 e. The molecule has 1 N–H and O–H groups in total. The second-order valence-corrected chi connectivity index (χ2v) is 20.8. The Morgan fingerprint density at radius 3 is 0.881 bits per heavy atom. The predicted molar refractivity (Wildman–Crippen MR) is 293 cm³/mol. The smallest absolute Gasteiger partial charge is 0.306 e. The van der Waals surface area contributed by atoms with E-state index in [4.69, 9.17) is 9.47 Å². The maximum absolute atomic E-state index is 12.3. The quantitative estimate of drug-likeness (QED) is 0.0374. The van der Waals surface area contributed by atoms with Crippen LogP contribution in [0.1, 0.15) is 341 Å². The van der Waals surface area contributed by atoms with Crippen molar-refractivity contribution in [2.45, 2.75) is 347 Å². The highest BCUT2D eigenvalue weighted by atomic mass is 16.6. The molecular formula is C62H118O5. The number of aliphatic hydroxyl groups is 1. The molecule has 396 valence electrons. The van der Waals surface area contributed by atoms with Crippen LogP contribution in [0.15, 0.2) is 24.3 Å². The number of esters is 2. The van der Waals surface area contributed by atoms with Crippen LogP contribution in [-0.4, -0.2) is 36.4 Å². The van der Waals surface area contributed by atoms with E-state index in [0.29, 0.717) is 12.8 Å². The summed E-state index contributed by atoms with van der Waals surface area (Å²) >= 11 is 0. The average Bonchev–Trinajstić information content (AvgIpc) is 3.33. The lowest BCUT2D eigenvalue weighted by atomic mass is 10.0. The molecule has 0 aromatic rings. The summed E-state index contributed by atoms with van der Waals surface area (Å²) in [6.45, 7) is 4.19. The van der Waals surface area contributed by atoms with Crippen LogP contribution < -0.4 is 0 Å². The van der Waals surface area contributed by atoms with Gasteiger partial charge in [0.25, 0.3) is 0 Å². The number of aliphatic hydroxyl groups excluding tert-OH is 1. The summed E-state index contributed by atoms with van der Waals surface area (Å²) in [5.41, 5.74) is 0. The highest BCUT2D eigenvalue weighted by Crippen LogP contribution is 2.18. The van der Waals surface area contributed by atoms with Crippen LogP contribution in [0, 0.1) is 0 Å². The molecule has 0 aliphatic rings. The van der Waals surface area contributed by atoms with Crippen LogP contribution in [-0.2, 0) is 19.1 Å². The minimum atomic E-state index is -0.770. The standard InChI is InChI=1S/C62H118O5/c1-3-5-7-9-11-13-15-17-19-21-23-25-27-28-29-30-31-32-33-35-36-38-40-42-44-46-48-50-52-54-56-61(64)66-59-60(58-63)67-62(65)57-55-53-51-49-47-45-43-41-39-37-34-26-24-22-20-18-16-14-12-10-8-6-4-2/h16,18,22,24,60,63H,3-15,17,19-21,23,25-59H2,1-2H3/b18-16-,24-22-. The van der Waals surface area contributed by atoms with Gasteiger partial charge in [-0.25, -0.2) is 0 Å². The zero-order chi connectivity index (χ0) is 48.5. The Kier molecular flexibility index (Phi) is 57.3. The molecule has 0 rings (SSSR count). The molecule has 0 aromatic carbocycles. The summed E-state index contributed by atoms with van der Waals surface area (Å²) in [5, 5.41) is 9.66. The van der Waals surface area contributed by atoms with Crippen LogP contribution in [0.2, 0.25) is 0 Å². The van der Waals surface area contributed by atoms with E-state index in [1.165, 1.54) is 276 Å². The molecule has 0 spiro atoms. The summed E-state index contributed by atoms with van der Waals surface area (Å²) < 4.78 is 10.7. The fourth-order valence-electron chi connectivity index (χ4n) is 9.41. The Labute approximate surface area is 419 Å². The van der Waals surface area contributed by atoms with Crippen LogP contribution in [0.5, 0.6) is 0 Å². The summed E-state index contributed by atoms with van der Waals surface area (Å²) in [6, 6.07) is 0. The van der Waals surface area contributed by atoms with Crippen molar-refractivity contribution in [3.63, 3.8) is 0 Å². The van der Waals surface area contributed by atoms with Crippen LogP contribution in [0.3, 0.4) is 0 Å². The molecule has 0 saturated carbocycles. The van der Waals surface area contributed by atoms with E-state index < -0.39 is 6.10 Å². The molecule has 0 bridgehead atoms. The van der Waals surface area contributed by atoms with Crippen LogP contribution in [0.4, 0.5) is 0 Å². The van der Waals surface area contributed by atoms with Gasteiger partial charge >= 0.3 is 11.9 Å². The monoisotopic (exact) mass is 943 g/mol. The number of ether oxygens (including phenoxy) is 2. The van der Waals surface area contributed by atoms with Gasteiger partial charge < -0.3 is 14.6 Å². The van der Waals surface area contributed by atoms with Crippen molar-refractivity contribution < 1.29 is 24.2 Å². The fourth-order valence-corrected chi connectivity index (χ4v) is 9.41. The van der Waals surface area contributed by atoms with Crippen LogP contribution in [0.25, 0.3) is 0 Å². The summed E-state index contributed by atoms with van der Waals surface area (Å²) in [6.07, 6.45) is 74.6. The molecule has 0 amide bonds. The highest BCUT2D eigenvalue weighted by Gasteiger charge is 2.16. The Morgan fingerprint density at radius 2 is 0.597 bits per heavy atom. The maximum atomic E-state index is 12.3. The number of hydrogen-bond acceptors (Lipinski definition) is 5. The number of carbonyl (C=O) groups excluding carboxylic acids is 2. The Hall–Kier alpha value is -1.62. The van der Waals surface area contributed by atoms with Gasteiger partial charge in [-0.3, -0.25) is 9.59 Å². The van der Waals surface area contributed by atoms with Gasteiger partial charge in [0.05, 0.1) is 6.61 Å². The fraction of sp³-hybridized carbons (Fsp3) is 0.903. The van der Waals surface area contributed by atoms with Gasteiger partial charge in [-0.05, 0) is 44.9 Å². The van der Waals surface area contributed by atoms with E-state index in [1.54, 1.807) is 0 Å². The van der Waals surface area contributed by atoms with Crippen molar-refractivity contribution in [3.05, 3.63) is 24.3 Å². The van der Waals surface area contributed by atoms with Crippen molar-refractivity contribution in [1.82, 2.24) is 0 Å². The van der Waals surface area contributed by atoms with Gasteiger partial charge in [0.2, 0.25) is 0 Å². The molecule has 5 nitrogen and oxygen atoms in total. The van der Waals surface area contributed by atoms with Gasteiger partial charge in [-0.2, -0.15) is 0 Å². The van der Waals surface area contributed by atoms with Gasteiger partial charge in [0.1, 0.15) is 6.61 Å². The first-order chi connectivity index (χ1) is 33.1. The number of allylic oxidation sites excluding steroid dienone is 4. The normalized spacial score (nSPS) is 12.2. The minimum absolute atomic E-state index is 0.0606. The molecule has 1 unspecified atom stereocenters. The van der Waals surface area contributed by atoms with Crippen LogP contribution >= 0.6 is 0 Å². The first kappa shape index (κ1) is 65.4. The van der Waals surface area contributed by atoms with E-state index in [-0.39, 0.29) is 25.2 Å². The first-order valence-electron chi connectivity index (χ1n) is 30.4. The summed E-state index contributed by atoms with van der Waals surface area (Å²) in [4.78, 5) is 24.6. The van der Waals surface area contributed by atoms with E-state index >= 15 is 0 Å². The lowest BCUT2D eigenvalue weighted by Gasteiger charge is -2.15. The van der Waals surface area contributed by atoms with Crippen molar-refractivity contribution >= 4 is 11.9 Å². The number of hydrogen-bond donors (Lipinski definition) is 1. The molecule has 0 fully saturated rings. The second kappa shape index (κ2) is 58.7. The topological polar surface area (TPSA) is 72.8 Å². The van der Waals surface area contributed by atoms with Gasteiger partial charge in [0, 0.05) is 12.8 Å². The first-order valence-corrected chi connectivity index (χ1v) is 30.4. The highest BCUT2D eigenvalue weighted by molar-refractivity contribution is 5.70. The summed E-state index contributed by atoms with van der Waals surface area (Å²) in [7, 11) is 0. The molecule has 0 saturated heterocycles. The molecule has 67 heavy (non-hydrogen) atoms. The third kappa shape index (κ3) is 56.9. The molecule has 1 atom stereocenters. The number of unbranched alkanes of at least 4 members (excludes halogenated alkanes) is 45. The third-order valence-corrected chi connectivity index (χ3v) is 14.0. The zero-order valence-electron chi connectivity index (χ0n) is 45.4. The molecule has 0 aliphatic heterocycles. The Balaban J connectivity index is 3.40. The predicted octanol–water partition coefficient (Wildman–Crippen LogP) is 20.5. The maximum Gasteiger partial charge on any atom is 0.306 e. The molecule has 0 aliphatic carbocycles. The number of carbonyl (C=O) groups is 2. The zero-order valence-corrected chi connectivity index (χ0v) is 45.4. The molecule has 0 heterocycles. The SMILES string of the molecule is CCCCCCC/C=C\C/C=C\CCCCCCCCCCCCCC(=O)OC(CO)COC(=O)CCCCCCCCCCCCCCCCCCCCCCCCCCCCCCCC. The third-order valence-electron chi connectivity index (χ3n) is 14.0. The number of rotatable bonds is 57. The second-order valence-electron chi connectivity index (χ2n) is 20.8. The van der Waals surface area contributed by atoms with Crippen molar-refractivity contribution in [1.29, 1.82) is 0 Å². The molecule has 0 aromatic heterocycles. The van der Waals surface area contributed by atoms with Crippen molar-refractivity contribution in [2.75, 3.05) is 13.2 Å². The Bertz CT molecular complexity index is 1020. The van der Waals surface area contributed by atoms with Crippen molar-refractivity contribution in [3.8, 4) is 0 Å². The molecule has 0 radical (unpaired) electrons. The average molecular weight is 944 g/mol. The summed E-state index contributed by atoms with van der Waals surface area (Å²) in [5.74, 6) is -0.572. The largest absolute Gasteiger partial charge is 0.462 e.